The van der Waals surface area contributed by atoms with Gasteiger partial charge >= 0.3 is 6.18 Å². The molecule has 2 aromatic carbocycles. The standard InChI is InChI=1S/C20H20ClF3N2O3S/c1-2-14-3-5-15(6-4-14)19(27)25-9-11-26(12-10-25)30(28,29)16-7-8-18(21)17(13-16)20(22,23)24/h3-8,13H,2,9-12H2,1H3. The summed E-state index contributed by atoms with van der Waals surface area (Å²) in [7, 11) is -4.15. The first-order chi connectivity index (χ1) is 14.0. The van der Waals surface area contributed by atoms with E-state index in [0.717, 1.165) is 28.4 Å². The maximum Gasteiger partial charge on any atom is 0.417 e. The number of alkyl halides is 3. The first-order valence-corrected chi connectivity index (χ1v) is 11.1. The van der Waals surface area contributed by atoms with E-state index in [1.807, 2.05) is 19.1 Å². The average Bonchev–Trinajstić information content (AvgIpc) is 2.72. The molecule has 0 spiro atoms. The molecule has 3 rings (SSSR count). The Bertz CT molecular complexity index is 1030. The minimum absolute atomic E-state index is 0.00883. The molecule has 0 aliphatic carbocycles. The summed E-state index contributed by atoms with van der Waals surface area (Å²) < 4.78 is 65.9. The van der Waals surface area contributed by atoms with E-state index < -0.39 is 31.7 Å². The van der Waals surface area contributed by atoms with Crippen LogP contribution >= 0.6 is 11.6 Å². The lowest BCUT2D eigenvalue weighted by molar-refractivity contribution is -0.137. The van der Waals surface area contributed by atoms with Crippen LogP contribution in [0, 0.1) is 0 Å². The van der Waals surface area contributed by atoms with E-state index in [-0.39, 0.29) is 32.1 Å². The third-order valence-electron chi connectivity index (χ3n) is 5.02. The van der Waals surface area contributed by atoms with E-state index in [4.69, 9.17) is 11.6 Å². The minimum Gasteiger partial charge on any atom is -0.336 e. The van der Waals surface area contributed by atoms with Gasteiger partial charge in [0.25, 0.3) is 5.91 Å². The molecule has 162 valence electrons. The third kappa shape index (κ3) is 4.63. The topological polar surface area (TPSA) is 57.7 Å². The molecule has 5 nitrogen and oxygen atoms in total. The highest BCUT2D eigenvalue weighted by molar-refractivity contribution is 7.89. The molecular weight excluding hydrogens is 441 g/mol. The molecule has 0 radical (unpaired) electrons. The lowest BCUT2D eigenvalue weighted by atomic mass is 10.1. The smallest absolute Gasteiger partial charge is 0.336 e. The van der Waals surface area contributed by atoms with Crippen molar-refractivity contribution in [1.29, 1.82) is 0 Å². The third-order valence-corrected chi connectivity index (χ3v) is 7.24. The summed E-state index contributed by atoms with van der Waals surface area (Å²) in [4.78, 5) is 13.7. The number of hydrogen-bond acceptors (Lipinski definition) is 3. The summed E-state index contributed by atoms with van der Waals surface area (Å²) >= 11 is 5.58. The quantitative estimate of drug-likeness (QED) is 0.691. The second kappa shape index (κ2) is 8.56. The highest BCUT2D eigenvalue weighted by Crippen LogP contribution is 2.36. The predicted molar refractivity (Wildman–Crippen MR) is 107 cm³/mol. The number of carbonyl (C=O) groups is 1. The van der Waals surface area contributed by atoms with Crippen molar-refractivity contribution in [2.24, 2.45) is 0 Å². The summed E-state index contributed by atoms with van der Waals surface area (Å²) in [6, 6.07) is 9.73. The molecule has 1 aliphatic rings. The number of piperazine rings is 1. The molecule has 0 aromatic heterocycles. The van der Waals surface area contributed by atoms with Gasteiger partial charge in [-0.1, -0.05) is 30.7 Å². The maximum absolute atomic E-state index is 13.1. The van der Waals surface area contributed by atoms with Gasteiger partial charge in [0.15, 0.2) is 0 Å². The van der Waals surface area contributed by atoms with Gasteiger partial charge in [-0.3, -0.25) is 4.79 Å². The van der Waals surface area contributed by atoms with Crippen LogP contribution in [0.15, 0.2) is 47.4 Å². The highest BCUT2D eigenvalue weighted by atomic mass is 35.5. The van der Waals surface area contributed by atoms with Gasteiger partial charge in [0.2, 0.25) is 10.0 Å². The van der Waals surface area contributed by atoms with Crippen LogP contribution in [0.3, 0.4) is 0 Å². The summed E-state index contributed by atoms with van der Waals surface area (Å²) in [5.41, 5.74) is 0.411. The van der Waals surface area contributed by atoms with Gasteiger partial charge in [0, 0.05) is 31.7 Å². The molecule has 0 atom stereocenters. The zero-order valence-corrected chi connectivity index (χ0v) is 17.7. The maximum atomic E-state index is 13.1. The molecule has 0 N–H and O–H groups in total. The second-order valence-corrected chi connectivity index (χ2v) is 9.23. The number of hydrogen-bond donors (Lipinski definition) is 0. The monoisotopic (exact) mass is 460 g/mol. The summed E-state index contributed by atoms with van der Waals surface area (Å²) in [6.45, 7) is 2.28. The number of benzene rings is 2. The number of aryl methyl sites for hydroxylation is 1. The molecule has 10 heteroatoms. The predicted octanol–water partition coefficient (Wildman–Crippen LogP) is 4.07. The van der Waals surface area contributed by atoms with Crippen molar-refractivity contribution in [1.82, 2.24) is 9.21 Å². The van der Waals surface area contributed by atoms with Crippen molar-refractivity contribution in [2.45, 2.75) is 24.4 Å². The second-order valence-electron chi connectivity index (χ2n) is 6.89. The van der Waals surface area contributed by atoms with Crippen LogP contribution in [-0.2, 0) is 22.6 Å². The molecule has 1 aliphatic heterocycles. The van der Waals surface area contributed by atoms with Gasteiger partial charge in [-0.2, -0.15) is 17.5 Å². The Kier molecular flexibility index (Phi) is 6.45. The van der Waals surface area contributed by atoms with Crippen LogP contribution < -0.4 is 0 Å². The number of sulfonamides is 1. The fraction of sp³-hybridized carbons (Fsp3) is 0.350. The Morgan fingerprint density at radius 3 is 2.17 bits per heavy atom. The van der Waals surface area contributed by atoms with E-state index in [9.17, 15) is 26.4 Å². The fourth-order valence-electron chi connectivity index (χ4n) is 3.23. The molecular formula is C20H20ClF3N2O3S. The van der Waals surface area contributed by atoms with Crippen LogP contribution in [0.5, 0.6) is 0 Å². The van der Waals surface area contributed by atoms with E-state index in [1.165, 1.54) is 4.90 Å². The van der Waals surface area contributed by atoms with Gasteiger partial charge in [-0.15, -0.1) is 0 Å². The first-order valence-electron chi connectivity index (χ1n) is 9.29. The van der Waals surface area contributed by atoms with Crippen LogP contribution in [0.1, 0.15) is 28.4 Å². The van der Waals surface area contributed by atoms with Crippen LogP contribution in [-0.4, -0.2) is 49.7 Å². The molecule has 1 fully saturated rings. The van der Waals surface area contributed by atoms with Gasteiger partial charge in [-0.05, 0) is 42.3 Å². The van der Waals surface area contributed by atoms with E-state index >= 15 is 0 Å². The van der Waals surface area contributed by atoms with Gasteiger partial charge in [-0.25, -0.2) is 8.42 Å². The molecule has 1 amide bonds. The number of amides is 1. The fourth-order valence-corrected chi connectivity index (χ4v) is 4.90. The Morgan fingerprint density at radius 1 is 1.03 bits per heavy atom. The normalized spacial score (nSPS) is 16.0. The number of rotatable bonds is 4. The van der Waals surface area contributed by atoms with Crippen molar-refractivity contribution >= 4 is 27.5 Å². The Hall–Kier alpha value is -2.10. The summed E-state index contributed by atoms with van der Waals surface area (Å²) in [5.74, 6) is -0.208. The summed E-state index contributed by atoms with van der Waals surface area (Å²) in [6.07, 6.45) is -3.91. The SMILES string of the molecule is CCc1ccc(C(=O)N2CCN(S(=O)(=O)c3ccc(Cl)c(C(F)(F)F)c3)CC2)cc1. The Balaban J connectivity index is 1.73. The largest absolute Gasteiger partial charge is 0.417 e. The van der Waals surface area contributed by atoms with E-state index in [1.54, 1.807) is 12.1 Å². The van der Waals surface area contributed by atoms with Crippen LogP contribution in [0.2, 0.25) is 5.02 Å². The average molecular weight is 461 g/mol. The molecule has 1 saturated heterocycles. The molecule has 0 bridgehead atoms. The summed E-state index contributed by atoms with van der Waals surface area (Å²) in [5, 5.41) is -0.564. The minimum atomic E-state index is -4.76. The van der Waals surface area contributed by atoms with Gasteiger partial charge < -0.3 is 4.90 Å². The molecule has 30 heavy (non-hydrogen) atoms. The number of halogens is 4. The molecule has 0 saturated carbocycles. The Labute approximate surface area is 178 Å². The van der Waals surface area contributed by atoms with Crippen LogP contribution in [0.4, 0.5) is 13.2 Å². The van der Waals surface area contributed by atoms with Crippen molar-refractivity contribution in [2.75, 3.05) is 26.2 Å². The van der Waals surface area contributed by atoms with E-state index in [2.05, 4.69) is 0 Å². The van der Waals surface area contributed by atoms with Crippen molar-refractivity contribution < 1.29 is 26.4 Å². The molecule has 2 aromatic rings. The molecule has 0 unspecified atom stereocenters. The lowest BCUT2D eigenvalue weighted by Crippen LogP contribution is -2.50. The zero-order chi connectivity index (χ0) is 22.1. The van der Waals surface area contributed by atoms with Crippen LogP contribution in [0.25, 0.3) is 0 Å². The van der Waals surface area contributed by atoms with Gasteiger partial charge in [0.1, 0.15) is 0 Å². The van der Waals surface area contributed by atoms with Gasteiger partial charge in [0.05, 0.1) is 15.5 Å². The zero-order valence-electron chi connectivity index (χ0n) is 16.1. The van der Waals surface area contributed by atoms with Crippen molar-refractivity contribution in [3.05, 3.63) is 64.2 Å². The highest BCUT2D eigenvalue weighted by Gasteiger charge is 2.36. The van der Waals surface area contributed by atoms with Crippen molar-refractivity contribution in [3.8, 4) is 0 Å². The number of nitrogens with zero attached hydrogens (tertiary/aromatic N) is 2. The number of carbonyl (C=O) groups excluding carboxylic acids is 1. The Morgan fingerprint density at radius 2 is 1.63 bits per heavy atom. The van der Waals surface area contributed by atoms with Crippen molar-refractivity contribution in [3.63, 3.8) is 0 Å². The lowest BCUT2D eigenvalue weighted by Gasteiger charge is -2.34. The first kappa shape index (κ1) is 22.6. The molecule has 1 heterocycles. The van der Waals surface area contributed by atoms with E-state index in [0.29, 0.717) is 11.6 Å².